The molecule has 0 spiro atoms. The molecular formula is C10H18N2S2. The van der Waals surface area contributed by atoms with Crippen LogP contribution in [0, 0.1) is 6.92 Å². The van der Waals surface area contributed by atoms with Crippen molar-refractivity contribution in [3.63, 3.8) is 0 Å². The van der Waals surface area contributed by atoms with Crippen LogP contribution in [0.3, 0.4) is 0 Å². The van der Waals surface area contributed by atoms with Crippen molar-refractivity contribution in [2.45, 2.75) is 25.5 Å². The molecule has 14 heavy (non-hydrogen) atoms. The molecule has 80 valence electrons. The summed E-state index contributed by atoms with van der Waals surface area (Å²) in [6, 6.07) is 0. The minimum Gasteiger partial charge on any atom is -0.315 e. The molecule has 2 nitrogen and oxygen atoms in total. The molecule has 0 amide bonds. The molecule has 0 aliphatic heterocycles. The Balaban J connectivity index is 2.13. The first kappa shape index (κ1) is 12.0. The number of thiazole rings is 1. The van der Waals surface area contributed by atoms with Gasteiger partial charge in [0, 0.05) is 23.2 Å². The minimum atomic E-state index is 0.706. The number of hydrogen-bond acceptors (Lipinski definition) is 4. The maximum atomic E-state index is 4.23. The Morgan fingerprint density at radius 3 is 3.00 bits per heavy atom. The third-order valence-corrected chi connectivity index (χ3v) is 4.17. The molecule has 0 bridgehead atoms. The number of hydrogen-bond donors (Lipinski definition) is 1. The molecule has 1 atom stereocenters. The van der Waals surface area contributed by atoms with E-state index >= 15 is 0 Å². The van der Waals surface area contributed by atoms with Crippen LogP contribution < -0.4 is 5.32 Å². The zero-order chi connectivity index (χ0) is 10.4. The van der Waals surface area contributed by atoms with E-state index in [4.69, 9.17) is 0 Å². The lowest BCUT2D eigenvalue weighted by molar-refractivity contribution is 0.681. The van der Waals surface area contributed by atoms with E-state index in [2.05, 4.69) is 30.4 Å². The van der Waals surface area contributed by atoms with E-state index in [9.17, 15) is 0 Å². The average molecular weight is 230 g/mol. The maximum absolute atomic E-state index is 4.23. The molecule has 4 heteroatoms. The van der Waals surface area contributed by atoms with Crippen LogP contribution in [0.1, 0.15) is 17.5 Å². The van der Waals surface area contributed by atoms with Gasteiger partial charge in [-0.25, -0.2) is 4.98 Å². The maximum Gasteiger partial charge on any atom is 0.0797 e. The number of aromatic nitrogens is 1. The third-order valence-electron chi connectivity index (χ3n) is 2.21. The Bertz CT molecular complexity index is 260. The van der Waals surface area contributed by atoms with Crippen LogP contribution in [0.5, 0.6) is 0 Å². The first-order chi connectivity index (χ1) is 6.74. The van der Waals surface area contributed by atoms with Gasteiger partial charge in [-0.05, 0) is 19.6 Å². The first-order valence-electron chi connectivity index (χ1n) is 4.86. The highest BCUT2D eigenvalue weighted by molar-refractivity contribution is 7.99. The van der Waals surface area contributed by atoms with E-state index in [0.717, 1.165) is 19.5 Å². The Hall–Kier alpha value is -0.0600. The van der Waals surface area contributed by atoms with Gasteiger partial charge in [-0.1, -0.05) is 6.92 Å². The Morgan fingerprint density at radius 2 is 2.43 bits per heavy atom. The van der Waals surface area contributed by atoms with Crippen molar-refractivity contribution in [1.29, 1.82) is 0 Å². The van der Waals surface area contributed by atoms with Crippen LogP contribution >= 0.6 is 23.1 Å². The van der Waals surface area contributed by atoms with Gasteiger partial charge in [0.05, 0.1) is 11.2 Å². The van der Waals surface area contributed by atoms with Crippen LogP contribution in [-0.4, -0.2) is 29.6 Å². The van der Waals surface area contributed by atoms with Gasteiger partial charge < -0.3 is 5.32 Å². The molecule has 1 aromatic rings. The second kappa shape index (κ2) is 6.43. The van der Waals surface area contributed by atoms with E-state index in [-0.39, 0.29) is 0 Å². The molecule has 1 unspecified atom stereocenters. The van der Waals surface area contributed by atoms with E-state index in [1.807, 2.05) is 17.3 Å². The van der Waals surface area contributed by atoms with Crippen LogP contribution in [0.25, 0.3) is 0 Å². The minimum absolute atomic E-state index is 0.706. The van der Waals surface area contributed by atoms with E-state index in [0.29, 0.717) is 5.25 Å². The number of rotatable bonds is 6. The Kier molecular flexibility index (Phi) is 5.52. The molecule has 0 aliphatic carbocycles. The largest absolute Gasteiger partial charge is 0.315 e. The van der Waals surface area contributed by atoms with Gasteiger partial charge in [-0.3, -0.25) is 0 Å². The highest BCUT2D eigenvalue weighted by atomic mass is 32.2. The average Bonchev–Trinajstić information content (AvgIpc) is 2.58. The summed E-state index contributed by atoms with van der Waals surface area (Å²) in [5, 5.41) is 4.17. The van der Waals surface area contributed by atoms with Gasteiger partial charge in [0.15, 0.2) is 0 Å². The molecule has 0 aliphatic rings. The summed E-state index contributed by atoms with van der Waals surface area (Å²) in [6.45, 7) is 6.49. The van der Waals surface area contributed by atoms with Crippen molar-refractivity contribution in [3.8, 4) is 0 Å². The Morgan fingerprint density at radius 1 is 1.64 bits per heavy atom. The lowest BCUT2D eigenvalue weighted by atomic mass is 10.3. The summed E-state index contributed by atoms with van der Waals surface area (Å²) in [7, 11) is 0. The standard InChI is InChI=1S/C10H18N2S2/c1-8(13-3)6-11-5-4-10-9(2)12-7-14-10/h7-8,11H,4-6H2,1-3H3. The fourth-order valence-electron chi connectivity index (χ4n) is 1.16. The predicted octanol–water partition coefficient (Wildman–Crippen LogP) is 2.34. The van der Waals surface area contributed by atoms with Crippen LogP contribution in [0.2, 0.25) is 0 Å². The van der Waals surface area contributed by atoms with Gasteiger partial charge in [0.25, 0.3) is 0 Å². The third kappa shape index (κ3) is 3.98. The van der Waals surface area contributed by atoms with E-state index in [1.54, 1.807) is 11.3 Å². The van der Waals surface area contributed by atoms with E-state index < -0.39 is 0 Å². The fourth-order valence-corrected chi connectivity index (χ4v) is 2.22. The number of aryl methyl sites for hydroxylation is 1. The zero-order valence-corrected chi connectivity index (χ0v) is 10.7. The van der Waals surface area contributed by atoms with Crippen LogP contribution in [-0.2, 0) is 6.42 Å². The second-order valence-corrected chi connectivity index (χ2v) is 5.58. The smallest absolute Gasteiger partial charge is 0.0797 e. The summed E-state index contributed by atoms with van der Waals surface area (Å²) < 4.78 is 0. The summed E-state index contributed by atoms with van der Waals surface area (Å²) in [5.41, 5.74) is 3.12. The van der Waals surface area contributed by atoms with Gasteiger partial charge in [0.2, 0.25) is 0 Å². The number of nitrogens with zero attached hydrogens (tertiary/aromatic N) is 1. The summed E-state index contributed by atoms with van der Waals surface area (Å²) in [4.78, 5) is 5.64. The van der Waals surface area contributed by atoms with Gasteiger partial charge >= 0.3 is 0 Å². The van der Waals surface area contributed by atoms with E-state index in [1.165, 1.54) is 10.6 Å². The highest BCUT2D eigenvalue weighted by Crippen LogP contribution is 2.12. The summed E-state index contributed by atoms with van der Waals surface area (Å²) in [5.74, 6) is 0. The van der Waals surface area contributed by atoms with Crippen molar-refractivity contribution in [1.82, 2.24) is 10.3 Å². The van der Waals surface area contributed by atoms with Crippen molar-refractivity contribution in [2.24, 2.45) is 0 Å². The normalized spacial score (nSPS) is 13.1. The molecule has 0 radical (unpaired) electrons. The molecule has 1 rings (SSSR count). The van der Waals surface area contributed by atoms with Crippen molar-refractivity contribution in [3.05, 3.63) is 16.1 Å². The van der Waals surface area contributed by atoms with Crippen molar-refractivity contribution >= 4 is 23.1 Å². The van der Waals surface area contributed by atoms with Crippen LogP contribution in [0.15, 0.2) is 5.51 Å². The highest BCUT2D eigenvalue weighted by Gasteiger charge is 2.01. The van der Waals surface area contributed by atoms with Gasteiger partial charge in [-0.15, -0.1) is 11.3 Å². The predicted molar refractivity (Wildman–Crippen MR) is 66.4 cm³/mol. The lowest BCUT2D eigenvalue weighted by Crippen LogP contribution is -2.24. The van der Waals surface area contributed by atoms with Gasteiger partial charge in [0.1, 0.15) is 0 Å². The summed E-state index contributed by atoms with van der Waals surface area (Å²) in [6.07, 6.45) is 3.26. The second-order valence-electron chi connectivity index (χ2n) is 3.36. The molecule has 0 aromatic carbocycles. The quantitative estimate of drug-likeness (QED) is 0.759. The molecule has 1 aromatic heterocycles. The monoisotopic (exact) mass is 230 g/mol. The molecule has 1 heterocycles. The number of nitrogens with one attached hydrogen (secondary N) is 1. The molecule has 0 saturated carbocycles. The van der Waals surface area contributed by atoms with Gasteiger partial charge in [-0.2, -0.15) is 11.8 Å². The molecular weight excluding hydrogens is 212 g/mol. The first-order valence-corrected chi connectivity index (χ1v) is 7.03. The summed E-state index contributed by atoms with van der Waals surface area (Å²) >= 11 is 3.66. The van der Waals surface area contributed by atoms with Crippen LogP contribution in [0.4, 0.5) is 0 Å². The fraction of sp³-hybridized carbons (Fsp3) is 0.700. The SMILES string of the molecule is CSC(C)CNCCc1scnc1C. The van der Waals surface area contributed by atoms with Crippen molar-refractivity contribution < 1.29 is 0 Å². The zero-order valence-electron chi connectivity index (χ0n) is 9.04. The topological polar surface area (TPSA) is 24.9 Å². The molecule has 0 saturated heterocycles. The molecule has 1 N–H and O–H groups in total. The van der Waals surface area contributed by atoms with Crippen molar-refractivity contribution in [2.75, 3.05) is 19.3 Å². The number of thioether (sulfide) groups is 1. The lowest BCUT2D eigenvalue weighted by Gasteiger charge is -2.08. The Labute approximate surface area is 94.5 Å². The molecule has 0 fully saturated rings.